The summed E-state index contributed by atoms with van der Waals surface area (Å²) < 4.78 is 13.0. The molecule has 0 aliphatic carbocycles. The first kappa shape index (κ1) is 24.6. The lowest BCUT2D eigenvalue weighted by molar-refractivity contribution is -0.138. The molecule has 1 aliphatic rings. The molecule has 0 unspecified atom stereocenters. The monoisotopic (exact) mass is 535 g/mol. The van der Waals surface area contributed by atoms with Crippen molar-refractivity contribution in [3.05, 3.63) is 127 Å². The summed E-state index contributed by atoms with van der Waals surface area (Å²) in [6, 6.07) is 24.1. The molecule has 1 aliphatic heterocycles. The summed E-state index contributed by atoms with van der Waals surface area (Å²) >= 11 is 1.30. The Hall–Kier alpha value is -4.69. The number of nitrogens with zero attached hydrogens (tertiary/aromatic N) is 2. The Morgan fingerprint density at radius 1 is 1.05 bits per heavy atom. The van der Waals surface area contributed by atoms with Gasteiger partial charge in [0.15, 0.2) is 4.80 Å². The van der Waals surface area contributed by atoms with Gasteiger partial charge in [0, 0.05) is 28.2 Å². The van der Waals surface area contributed by atoms with Crippen molar-refractivity contribution in [3.8, 4) is 5.75 Å². The molecule has 0 amide bonds. The highest BCUT2D eigenvalue weighted by molar-refractivity contribution is 7.07. The number of methoxy groups -OCH3 is 1. The van der Waals surface area contributed by atoms with Crippen LogP contribution in [0.4, 0.5) is 0 Å². The van der Waals surface area contributed by atoms with Gasteiger partial charge < -0.3 is 14.5 Å². The number of carbonyl (C=O) groups is 1. The molecule has 0 fully saturated rings. The minimum Gasteiger partial charge on any atom is -0.497 e. The van der Waals surface area contributed by atoms with Crippen molar-refractivity contribution < 1.29 is 14.3 Å². The van der Waals surface area contributed by atoms with Crippen LogP contribution in [0.1, 0.15) is 29.7 Å². The Bertz CT molecular complexity index is 1900. The molecular weight excluding hydrogens is 510 g/mol. The van der Waals surface area contributed by atoms with E-state index in [2.05, 4.69) is 4.98 Å². The van der Waals surface area contributed by atoms with Gasteiger partial charge in [-0.1, -0.05) is 72.0 Å². The van der Waals surface area contributed by atoms with E-state index in [4.69, 9.17) is 14.5 Å². The molecule has 1 N–H and O–H groups in total. The van der Waals surface area contributed by atoms with Gasteiger partial charge in [-0.3, -0.25) is 9.36 Å². The average Bonchev–Trinajstić information content (AvgIpc) is 3.53. The topological polar surface area (TPSA) is 85.7 Å². The van der Waals surface area contributed by atoms with Crippen molar-refractivity contribution >= 4 is 40.0 Å². The van der Waals surface area contributed by atoms with E-state index in [0.717, 1.165) is 27.6 Å². The quantitative estimate of drug-likeness (QED) is 0.326. The maximum atomic E-state index is 14.0. The number of thiazole rings is 1. The van der Waals surface area contributed by atoms with Gasteiger partial charge in [-0.15, -0.1) is 0 Å². The smallest absolute Gasteiger partial charge is 0.338 e. The highest BCUT2D eigenvalue weighted by Gasteiger charge is 2.35. The summed E-state index contributed by atoms with van der Waals surface area (Å²) in [6.07, 6.45) is 3.77. The van der Waals surface area contributed by atoms with Crippen LogP contribution >= 0.6 is 11.3 Å². The lowest BCUT2D eigenvalue weighted by atomic mass is 9.93. The molecule has 2 aromatic heterocycles. The van der Waals surface area contributed by atoms with Crippen LogP contribution in [0.5, 0.6) is 5.75 Å². The summed E-state index contributed by atoms with van der Waals surface area (Å²) in [5, 5.41) is 1.02. The molecular formula is C31H25N3O4S. The van der Waals surface area contributed by atoms with E-state index in [9.17, 15) is 9.59 Å². The van der Waals surface area contributed by atoms with E-state index < -0.39 is 12.0 Å². The molecule has 0 spiro atoms. The number of H-pyrrole nitrogens is 1. The number of carbonyl (C=O) groups excluding carboxylic acids is 1. The number of aromatic nitrogens is 2. The van der Waals surface area contributed by atoms with Crippen molar-refractivity contribution in [3.63, 3.8) is 0 Å². The van der Waals surface area contributed by atoms with Crippen molar-refractivity contribution in [2.24, 2.45) is 4.99 Å². The largest absolute Gasteiger partial charge is 0.497 e. The van der Waals surface area contributed by atoms with Crippen molar-refractivity contribution in [1.29, 1.82) is 0 Å². The number of hydrogen-bond acceptors (Lipinski definition) is 6. The fraction of sp³-hybridized carbons (Fsp3) is 0.129. The third kappa shape index (κ3) is 4.38. The first-order chi connectivity index (χ1) is 19.1. The Kier molecular flexibility index (Phi) is 6.46. The maximum Gasteiger partial charge on any atom is 0.338 e. The van der Waals surface area contributed by atoms with E-state index in [1.165, 1.54) is 11.3 Å². The molecule has 3 aromatic carbocycles. The van der Waals surface area contributed by atoms with Gasteiger partial charge >= 0.3 is 5.97 Å². The number of benzene rings is 3. The number of nitrogens with one attached hydrogen (secondary N) is 1. The second-order valence-electron chi connectivity index (χ2n) is 8.99. The molecule has 5 aromatic rings. The number of aromatic amines is 1. The van der Waals surface area contributed by atoms with Gasteiger partial charge in [0.2, 0.25) is 0 Å². The molecule has 194 valence electrons. The second kappa shape index (κ2) is 10.2. The minimum atomic E-state index is -0.730. The molecule has 6 rings (SSSR count). The first-order valence-electron chi connectivity index (χ1n) is 12.6. The highest BCUT2D eigenvalue weighted by Crippen LogP contribution is 2.35. The van der Waals surface area contributed by atoms with Crippen LogP contribution in [0.15, 0.2) is 100 Å². The molecule has 7 nitrogen and oxygen atoms in total. The van der Waals surface area contributed by atoms with Crippen LogP contribution in [0.2, 0.25) is 0 Å². The second-order valence-corrected chi connectivity index (χ2v) is 10.0. The number of esters is 1. The SMILES string of the molecule is CCOC(=O)C1=C(c2ccccc2)N=c2s/c(=C\c3c[nH]c4ccccc34)c(=O)n2[C@@H]1c1ccc(OC)cc1. The summed E-state index contributed by atoms with van der Waals surface area (Å²) in [5.41, 5.74) is 4.01. The summed E-state index contributed by atoms with van der Waals surface area (Å²) in [6.45, 7) is 1.96. The number of fused-ring (bicyclic) bond motifs is 2. The average molecular weight is 536 g/mol. The number of ether oxygens (including phenoxy) is 2. The van der Waals surface area contributed by atoms with Crippen LogP contribution in [-0.2, 0) is 9.53 Å². The van der Waals surface area contributed by atoms with Crippen LogP contribution < -0.4 is 19.6 Å². The van der Waals surface area contributed by atoms with E-state index in [1.807, 2.05) is 91.1 Å². The van der Waals surface area contributed by atoms with Crippen LogP contribution in [0, 0.1) is 0 Å². The zero-order valence-corrected chi connectivity index (χ0v) is 22.2. The number of para-hydroxylation sites is 1. The van der Waals surface area contributed by atoms with E-state index in [1.54, 1.807) is 18.6 Å². The predicted octanol–water partition coefficient (Wildman–Crippen LogP) is 4.43. The van der Waals surface area contributed by atoms with Crippen molar-refractivity contribution in [1.82, 2.24) is 9.55 Å². The Morgan fingerprint density at radius 2 is 1.79 bits per heavy atom. The Morgan fingerprint density at radius 3 is 2.54 bits per heavy atom. The first-order valence-corrected chi connectivity index (χ1v) is 13.4. The molecule has 39 heavy (non-hydrogen) atoms. The normalized spacial score (nSPS) is 15.2. The molecule has 3 heterocycles. The number of hydrogen-bond donors (Lipinski definition) is 1. The third-order valence-electron chi connectivity index (χ3n) is 6.71. The van der Waals surface area contributed by atoms with Crippen molar-refractivity contribution in [2.45, 2.75) is 13.0 Å². The Labute approximate surface area is 228 Å². The summed E-state index contributed by atoms with van der Waals surface area (Å²) in [5.74, 6) is 0.169. The van der Waals surface area contributed by atoms with Gasteiger partial charge in [-0.05, 0) is 36.8 Å². The summed E-state index contributed by atoms with van der Waals surface area (Å²) in [4.78, 5) is 36.2. The zero-order chi connectivity index (χ0) is 26.9. The number of rotatable bonds is 6. The highest BCUT2D eigenvalue weighted by atomic mass is 32.1. The van der Waals surface area contributed by atoms with Crippen LogP contribution in [0.25, 0.3) is 22.7 Å². The molecule has 0 radical (unpaired) electrons. The van der Waals surface area contributed by atoms with Crippen LogP contribution in [-0.4, -0.2) is 29.2 Å². The molecule has 0 saturated carbocycles. The lowest BCUT2D eigenvalue weighted by Crippen LogP contribution is -2.40. The molecule has 0 bridgehead atoms. The fourth-order valence-electron chi connectivity index (χ4n) is 4.90. The standard InChI is InChI=1S/C31H25N3O4S/c1-3-38-30(36)26-27(19-9-5-4-6-10-19)33-31-34(28(26)20-13-15-22(37-2)16-14-20)29(35)25(39-31)17-21-18-32-24-12-8-7-11-23(21)24/h4-18,28,32H,3H2,1-2H3/b25-17-/t28-/m1/s1. The minimum absolute atomic E-state index is 0.199. The fourth-order valence-corrected chi connectivity index (χ4v) is 5.89. The molecule has 8 heteroatoms. The van der Waals surface area contributed by atoms with Gasteiger partial charge in [0.1, 0.15) is 5.75 Å². The third-order valence-corrected chi connectivity index (χ3v) is 7.70. The zero-order valence-electron chi connectivity index (χ0n) is 21.4. The molecule has 1 atom stereocenters. The molecule has 0 saturated heterocycles. The summed E-state index contributed by atoms with van der Waals surface area (Å²) in [7, 11) is 1.60. The Balaban J connectivity index is 1.64. The van der Waals surface area contributed by atoms with Gasteiger partial charge in [-0.25, -0.2) is 9.79 Å². The van der Waals surface area contributed by atoms with Gasteiger partial charge in [0.05, 0.1) is 35.6 Å². The van der Waals surface area contributed by atoms with E-state index in [0.29, 0.717) is 26.4 Å². The van der Waals surface area contributed by atoms with Crippen molar-refractivity contribution in [2.75, 3.05) is 13.7 Å². The van der Waals surface area contributed by atoms with Crippen LogP contribution in [0.3, 0.4) is 0 Å². The van der Waals surface area contributed by atoms with Gasteiger partial charge in [-0.2, -0.15) is 0 Å². The maximum absolute atomic E-state index is 14.0. The van der Waals surface area contributed by atoms with E-state index >= 15 is 0 Å². The lowest BCUT2D eigenvalue weighted by Gasteiger charge is -2.26. The van der Waals surface area contributed by atoms with E-state index in [-0.39, 0.29) is 12.2 Å². The van der Waals surface area contributed by atoms with Gasteiger partial charge in [0.25, 0.3) is 5.56 Å². The predicted molar refractivity (Wildman–Crippen MR) is 152 cm³/mol.